The molecule has 114 valence electrons. The summed E-state index contributed by atoms with van der Waals surface area (Å²) in [6.45, 7) is 0.380. The number of piperidine rings is 1. The molecule has 1 saturated heterocycles. The van der Waals surface area contributed by atoms with Crippen LogP contribution in [-0.4, -0.2) is 44.7 Å². The number of hydrogen-bond donors (Lipinski definition) is 2. The van der Waals surface area contributed by atoms with Crippen molar-refractivity contribution in [3.05, 3.63) is 40.3 Å². The van der Waals surface area contributed by atoms with Crippen molar-refractivity contribution in [2.24, 2.45) is 0 Å². The number of H-pyrrole nitrogens is 1. The van der Waals surface area contributed by atoms with Crippen LogP contribution in [0.3, 0.4) is 0 Å². The van der Waals surface area contributed by atoms with E-state index in [1.54, 1.807) is 24.3 Å². The second kappa shape index (κ2) is 5.59. The number of rotatable bonds is 2. The first kappa shape index (κ1) is 14.2. The van der Waals surface area contributed by atoms with E-state index in [0.717, 1.165) is 12.8 Å². The zero-order valence-electron chi connectivity index (χ0n) is 11.8. The highest BCUT2D eigenvalue weighted by atomic mass is 16.4. The SMILES string of the molecule is O=C(O)C1CCCCN1C(=O)c1n[nH]c(=O)c2ccccc12. The molecular formula is C15H15N3O4. The molecule has 1 atom stereocenters. The van der Waals surface area contributed by atoms with Crippen LogP contribution in [0.1, 0.15) is 29.8 Å². The number of fused-ring (bicyclic) bond motifs is 1. The van der Waals surface area contributed by atoms with Crippen LogP contribution in [0, 0.1) is 0 Å². The Balaban J connectivity index is 2.07. The van der Waals surface area contributed by atoms with Gasteiger partial charge in [0.1, 0.15) is 6.04 Å². The standard InChI is InChI=1S/C15H15N3O4/c19-13-10-6-2-1-5-9(10)12(16-17-13)14(20)18-8-4-3-7-11(18)15(21)22/h1-2,5-6,11H,3-4,7-8H2,(H,17,19)(H,21,22). The number of amides is 1. The Morgan fingerprint density at radius 3 is 2.68 bits per heavy atom. The number of aromatic amines is 1. The predicted octanol–water partition coefficient (Wildman–Crippen LogP) is 1.00. The third-order valence-corrected chi connectivity index (χ3v) is 3.95. The molecule has 0 aliphatic carbocycles. The van der Waals surface area contributed by atoms with Gasteiger partial charge in [0.25, 0.3) is 11.5 Å². The number of benzene rings is 1. The van der Waals surface area contributed by atoms with Crippen molar-refractivity contribution in [2.75, 3.05) is 6.54 Å². The molecule has 0 radical (unpaired) electrons. The van der Waals surface area contributed by atoms with E-state index in [9.17, 15) is 19.5 Å². The van der Waals surface area contributed by atoms with Gasteiger partial charge in [-0.1, -0.05) is 18.2 Å². The molecule has 2 N–H and O–H groups in total. The first-order valence-corrected chi connectivity index (χ1v) is 7.11. The Kier molecular flexibility index (Phi) is 3.62. The fraction of sp³-hybridized carbons (Fsp3) is 0.333. The lowest BCUT2D eigenvalue weighted by molar-refractivity contribution is -0.143. The van der Waals surface area contributed by atoms with Crippen LogP contribution in [0.5, 0.6) is 0 Å². The Bertz CT molecular complexity index is 799. The topological polar surface area (TPSA) is 103 Å². The quantitative estimate of drug-likeness (QED) is 0.861. The summed E-state index contributed by atoms with van der Waals surface area (Å²) < 4.78 is 0. The predicted molar refractivity (Wildman–Crippen MR) is 78.7 cm³/mol. The normalized spacial score (nSPS) is 18.4. The maximum atomic E-state index is 12.7. The van der Waals surface area contributed by atoms with Gasteiger partial charge in [0.05, 0.1) is 5.39 Å². The molecule has 7 heteroatoms. The number of likely N-dealkylation sites (tertiary alicyclic amines) is 1. The Hall–Kier alpha value is -2.70. The van der Waals surface area contributed by atoms with E-state index < -0.39 is 17.9 Å². The maximum absolute atomic E-state index is 12.7. The van der Waals surface area contributed by atoms with Gasteiger partial charge in [-0.3, -0.25) is 9.59 Å². The average molecular weight is 301 g/mol. The highest BCUT2D eigenvalue weighted by Crippen LogP contribution is 2.21. The summed E-state index contributed by atoms with van der Waals surface area (Å²) in [5, 5.41) is 16.3. The lowest BCUT2D eigenvalue weighted by atomic mass is 10.0. The first-order chi connectivity index (χ1) is 10.6. The van der Waals surface area contributed by atoms with Crippen LogP contribution in [0.2, 0.25) is 0 Å². The van der Waals surface area contributed by atoms with E-state index in [4.69, 9.17) is 0 Å². The van der Waals surface area contributed by atoms with E-state index in [1.165, 1.54) is 4.90 Å². The molecule has 7 nitrogen and oxygen atoms in total. The van der Waals surface area contributed by atoms with Crippen LogP contribution in [0.15, 0.2) is 29.1 Å². The number of aliphatic carboxylic acids is 1. The molecule has 1 aliphatic heterocycles. The summed E-state index contributed by atoms with van der Waals surface area (Å²) in [5.41, 5.74) is -0.288. The van der Waals surface area contributed by atoms with Gasteiger partial charge in [-0.05, 0) is 25.3 Å². The van der Waals surface area contributed by atoms with E-state index in [2.05, 4.69) is 10.2 Å². The lowest BCUT2D eigenvalue weighted by Gasteiger charge is -2.32. The number of nitrogens with one attached hydrogen (secondary N) is 1. The van der Waals surface area contributed by atoms with Crippen LogP contribution in [0.25, 0.3) is 10.8 Å². The Morgan fingerprint density at radius 2 is 1.95 bits per heavy atom. The molecule has 1 aromatic heterocycles. The maximum Gasteiger partial charge on any atom is 0.326 e. The minimum atomic E-state index is -1.01. The molecule has 22 heavy (non-hydrogen) atoms. The summed E-state index contributed by atoms with van der Waals surface area (Å²) in [4.78, 5) is 37.2. The van der Waals surface area contributed by atoms with Gasteiger partial charge in [-0.2, -0.15) is 5.10 Å². The second-order valence-electron chi connectivity index (χ2n) is 5.30. The van der Waals surface area contributed by atoms with Crippen LogP contribution in [0.4, 0.5) is 0 Å². The molecule has 2 aromatic rings. The molecule has 0 bridgehead atoms. The highest BCUT2D eigenvalue weighted by molar-refractivity contribution is 6.05. The van der Waals surface area contributed by atoms with Crippen molar-refractivity contribution in [3.63, 3.8) is 0 Å². The molecular weight excluding hydrogens is 286 g/mol. The van der Waals surface area contributed by atoms with E-state index >= 15 is 0 Å². The van der Waals surface area contributed by atoms with Crippen LogP contribution in [-0.2, 0) is 4.79 Å². The Morgan fingerprint density at radius 1 is 1.23 bits per heavy atom. The molecule has 0 saturated carbocycles. The smallest absolute Gasteiger partial charge is 0.326 e. The van der Waals surface area contributed by atoms with Gasteiger partial charge in [0.15, 0.2) is 5.69 Å². The number of carboxylic acids is 1. The van der Waals surface area contributed by atoms with Gasteiger partial charge in [-0.15, -0.1) is 0 Å². The number of aromatic nitrogens is 2. The Labute approximate surface area is 125 Å². The van der Waals surface area contributed by atoms with Gasteiger partial charge >= 0.3 is 5.97 Å². The molecule has 0 spiro atoms. The summed E-state index contributed by atoms with van der Waals surface area (Å²) in [7, 11) is 0. The van der Waals surface area contributed by atoms with Gasteiger partial charge < -0.3 is 10.0 Å². The number of carboxylic acid groups (broad SMARTS) is 1. The number of carbonyl (C=O) groups is 2. The first-order valence-electron chi connectivity index (χ1n) is 7.11. The summed E-state index contributed by atoms with van der Waals surface area (Å²) in [6.07, 6.45) is 1.97. The monoisotopic (exact) mass is 301 g/mol. The molecule has 1 aromatic carbocycles. The molecule has 1 unspecified atom stereocenters. The van der Waals surface area contributed by atoms with Gasteiger partial charge in [0, 0.05) is 11.9 Å². The van der Waals surface area contributed by atoms with Crippen LogP contribution >= 0.6 is 0 Å². The fourth-order valence-corrected chi connectivity index (χ4v) is 2.85. The summed E-state index contributed by atoms with van der Waals surface area (Å²) in [5.74, 6) is -1.47. The largest absolute Gasteiger partial charge is 0.480 e. The minimum absolute atomic E-state index is 0.0864. The van der Waals surface area contributed by atoms with Gasteiger partial charge in [-0.25, -0.2) is 9.89 Å². The van der Waals surface area contributed by atoms with Crippen molar-refractivity contribution in [2.45, 2.75) is 25.3 Å². The molecule has 1 fully saturated rings. The zero-order valence-corrected chi connectivity index (χ0v) is 11.8. The average Bonchev–Trinajstić information content (AvgIpc) is 2.55. The number of hydrogen-bond acceptors (Lipinski definition) is 4. The van der Waals surface area contributed by atoms with Crippen molar-refractivity contribution >= 4 is 22.6 Å². The highest BCUT2D eigenvalue weighted by Gasteiger charge is 2.33. The zero-order chi connectivity index (χ0) is 15.7. The molecule has 1 amide bonds. The van der Waals surface area contributed by atoms with E-state index in [-0.39, 0.29) is 11.3 Å². The van der Waals surface area contributed by atoms with Crippen molar-refractivity contribution in [1.82, 2.24) is 15.1 Å². The summed E-state index contributed by atoms with van der Waals surface area (Å²) >= 11 is 0. The third-order valence-electron chi connectivity index (χ3n) is 3.95. The molecule has 1 aliphatic rings. The third kappa shape index (κ3) is 2.34. The van der Waals surface area contributed by atoms with E-state index in [1.807, 2.05) is 0 Å². The van der Waals surface area contributed by atoms with E-state index in [0.29, 0.717) is 23.7 Å². The van der Waals surface area contributed by atoms with Crippen molar-refractivity contribution in [3.8, 4) is 0 Å². The lowest BCUT2D eigenvalue weighted by Crippen LogP contribution is -2.48. The van der Waals surface area contributed by atoms with Crippen molar-refractivity contribution in [1.29, 1.82) is 0 Å². The minimum Gasteiger partial charge on any atom is -0.480 e. The summed E-state index contributed by atoms with van der Waals surface area (Å²) in [6, 6.07) is 5.83. The fourth-order valence-electron chi connectivity index (χ4n) is 2.85. The van der Waals surface area contributed by atoms with Crippen LogP contribution < -0.4 is 5.56 Å². The number of nitrogens with zero attached hydrogens (tertiary/aromatic N) is 2. The van der Waals surface area contributed by atoms with Gasteiger partial charge in [0.2, 0.25) is 0 Å². The second-order valence-corrected chi connectivity index (χ2v) is 5.30. The van der Waals surface area contributed by atoms with Crippen molar-refractivity contribution < 1.29 is 14.7 Å². The molecule has 3 rings (SSSR count). The molecule has 2 heterocycles. The number of carbonyl (C=O) groups excluding carboxylic acids is 1.